The van der Waals surface area contributed by atoms with Crippen LogP contribution < -0.4 is 4.72 Å². The molecule has 2 aromatic rings. The lowest BCUT2D eigenvalue weighted by Gasteiger charge is -2.10. The fourth-order valence-electron chi connectivity index (χ4n) is 1.72. The first kappa shape index (κ1) is 14.6. The Balaban J connectivity index is 2.43. The standard InChI is InChI=1S/C14H11BrN2O2S/c1-10-5-6-11(9-16)7-14(10)20(18,19)17-13-4-2-3-12(15)8-13/h2-8,17H,1H3. The maximum atomic E-state index is 12.4. The molecule has 0 aliphatic heterocycles. The molecule has 0 bridgehead atoms. The minimum Gasteiger partial charge on any atom is -0.280 e. The van der Waals surface area contributed by atoms with E-state index < -0.39 is 10.0 Å². The van der Waals surface area contributed by atoms with Crippen molar-refractivity contribution in [1.29, 1.82) is 5.26 Å². The van der Waals surface area contributed by atoms with Gasteiger partial charge in [0.2, 0.25) is 0 Å². The molecular formula is C14H11BrN2O2S. The van der Waals surface area contributed by atoms with Crippen molar-refractivity contribution in [3.05, 3.63) is 58.1 Å². The zero-order chi connectivity index (χ0) is 14.8. The Kier molecular flexibility index (Phi) is 4.12. The number of nitrogens with one attached hydrogen (secondary N) is 1. The summed E-state index contributed by atoms with van der Waals surface area (Å²) >= 11 is 3.29. The van der Waals surface area contributed by atoms with Crippen LogP contribution in [0.5, 0.6) is 0 Å². The maximum Gasteiger partial charge on any atom is 0.262 e. The van der Waals surface area contributed by atoms with E-state index in [1.165, 1.54) is 6.07 Å². The molecular weight excluding hydrogens is 340 g/mol. The third-order valence-corrected chi connectivity index (χ3v) is 4.70. The van der Waals surface area contributed by atoms with Crippen LogP contribution in [0, 0.1) is 18.3 Å². The van der Waals surface area contributed by atoms with Crippen LogP contribution >= 0.6 is 15.9 Å². The summed E-state index contributed by atoms with van der Waals surface area (Å²) in [6.07, 6.45) is 0. The molecule has 0 amide bonds. The van der Waals surface area contributed by atoms with Crippen molar-refractivity contribution < 1.29 is 8.42 Å². The Bertz CT molecular complexity index is 795. The van der Waals surface area contributed by atoms with Crippen molar-refractivity contribution in [2.24, 2.45) is 0 Å². The number of aryl methyl sites for hydroxylation is 1. The average Bonchev–Trinajstić information content (AvgIpc) is 2.38. The first-order chi connectivity index (χ1) is 9.42. The lowest BCUT2D eigenvalue weighted by molar-refractivity contribution is 0.600. The van der Waals surface area contributed by atoms with E-state index in [1.54, 1.807) is 43.3 Å². The van der Waals surface area contributed by atoms with Gasteiger partial charge in [0.05, 0.1) is 16.5 Å². The number of benzene rings is 2. The summed E-state index contributed by atoms with van der Waals surface area (Å²) in [5, 5.41) is 8.87. The summed E-state index contributed by atoms with van der Waals surface area (Å²) in [4.78, 5) is 0.108. The molecule has 0 heterocycles. The second-order valence-corrected chi connectivity index (χ2v) is 6.77. The van der Waals surface area contributed by atoms with Crippen LogP contribution in [-0.2, 0) is 10.0 Å². The van der Waals surface area contributed by atoms with Crippen LogP contribution in [-0.4, -0.2) is 8.42 Å². The second-order valence-electron chi connectivity index (χ2n) is 4.21. The molecule has 102 valence electrons. The number of sulfonamides is 1. The monoisotopic (exact) mass is 350 g/mol. The van der Waals surface area contributed by atoms with Crippen LogP contribution in [0.1, 0.15) is 11.1 Å². The Morgan fingerprint density at radius 2 is 1.95 bits per heavy atom. The summed E-state index contributed by atoms with van der Waals surface area (Å²) in [5.41, 5.74) is 1.36. The fraction of sp³-hybridized carbons (Fsp3) is 0.0714. The van der Waals surface area contributed by atoms with Gasteiger partial charge in [0.25, 0.3) is 10.0 Å². The van der Waals surface area contributed by atoms with Crippen LogP contribution in [0.25, 0.3) is 0 Å². The minimum absolute atomic E-state index is 0.108. The van der Waals surface area contributed by atoms with Gasteiger partial charge in [-0.25, -0.2) is 8.42 Å². The normalized spacial score (nSPS) is 10.8. The average molecular weight is 351 g/mol. The van der Waals surface area contributed by atoms with Gasteiger partial charge in [-0.15, -0.1) is 0 Å². The fourth-order valence-corrected chi connectivity index (χ4v) is 3.44. The molecule has 20 heavy (non-hydrogen) atoms. The molecule has 6 heteroatoms. The van der Waals surface area contributed by atoms with Crippen molar-refractivity contribution in [2.75, 3.05) is 4.72 Å². The number of nitriles is 1. The molecule has 1 N–H and O–H groups in total. The summed E-state index contributed by atoms with van der Waals surface area (Å²) in [6, 6.07) is 13.4. The third kappa shape index (κ3) is 3.18. The summed E-state index contributed by atoms with van der Waals surface area (Å²) in [5.74, 6) is 0. The van der Waals surface area contributed by atoms with E-state index in [0.717, 1.165) is 4.47 Å². The topological polar surface area (TPSA) is 70.0 Å². The molecule has 0 aliphatic rings. The highest BCUT2D eigenvalue weighted by Crippen LogP contribution is 2.22. The Labute approximate surface area is 126 Å². The van der Waals surface area contributed by atoms with Crippen molar-refractivity contribution in [3.8, 4) is 6.07 Å². The van der Waals surface area contributed by atoms with Crippen molar-refractivity contribution in [3.63, 3.8) is 0 Å². The lowest BCUT2D eigenvalue weighted by atomic mass is 10.2. The molecule has 4 nitrogen and oxygen atoms in total. The van der Waals surface area contributed by atoms with Gasteiger partial charge in [-0.3, -0.25) is 4.72 Å². The zero-order valence-corrected chi connectivity index (χ0v) is 13.0. The predicted octanol–water partition coefficient (Wildman–Crippen LogP) is 3.43. The SMILES string of the molecule is Cc1ccc(C#N)cc1S(=O)(=O)Nc1cccc(Br)c1. The molecule has 2 rings (SSSR count). The summed E-state index contributed by atoms with van der Waals surface area (Å²) < 4.78 is 28.0. The number of rotatable bonds is 3. The molecule has 0 atom stereocenters. The molecule has 0 saturated carbocycles. The highest BCUT2D eigenvalue weighted by molar-refractivity contribution is 9.10. The van der Waals surface area contributed by atoms with Crippen LogP contribution in [0.3, 0.4) is 0 Å². The Hall–Kier alpha value is -1.84. The van der Waals surface area contributed by atoms with E-state index in [2.05, 4.69) is 20.7 Å². The highest BCUT2D eigenvalue weighted by atomic mass is 79.9. The molecule has 0 aromatic heterocycles. The third-order valence-electron chi connectivity index (χ3n) is 2.68. The van der Waals surface area contributed by atoms with Crippen LogP contribution in [0.4, 0.5) is 5.69 Å². The second kappa shape index (κ2) is 5.65. The molecule has 0 spiro atoms. The quantitative estimate of drug-likeness (QED) is 0.921. The zero-order valence-electron chi connectivity index (χ0n) is 10.6. The largest absolute Gasteiger partial charge is 0.280 e. The van der Waals surface area contributed by atoms with Crippen molar-refractivity contribution in [2.45, 2.75) is 11.8 Å². The highest BCUT2D eigenvalue weighted by Gasteiger charge is 2.17. The number of anilines is 1. The molecule has 0 unspecified atom stereocenters. The molecule has 0 aliphatic carbocycles. The molecule has 0 fully saturated rings. The van der Waals surface area contributed by atoms with Crippen molar-refractivity contribution in [1.82, 2.24) is 0 Å². The van der Waals surface area contributed by atoms with Crippen molar-refractivity contribution >= 4 is 31.6 Å². The van der Waals surface area contributed by atoms with E-state index in [1.807, 2.05) is 6.07 Å². The first-order valence-corrected chi connectivity index (χ1v) is 7.99. The Morgan fingerprint density at radius 1 is 1.20 bits per heavy atom. The van der Waals surface area contributed by atoms with E-state index >= 15 is 0 Å². The van der Waals surface area contributed by atoms with Gasteiger partial charge in [-0.2, -0.15) is 5.26 Å². The Morgan fingerprint density at radius 3 is 2.60 bits per heavy atom. The van der Waals surface area contributed by atoms with Gasteiger partial charge in [-0.05, 0) is 42.8 Å². The first-order valence-electron chi connectivity index (χ1n) is 5.71. The van der Waals surface area contributed by atoms with Crippen LogP contribution in [0.2, 0.25) is 0 Å². The van der Waals surface area contributed by atoms with Gasteiger partial charge in [0.1, 0.15) is 0 Å². The number of hydrogen-bond donors (Lipinski definition) is 1. The van der Waals surface area contributed by atoms with E-state index in [0.29, 0.717) is 16.8 Å². The molecule has 2 aromatic carbocycles. The number of halogens is 1. The van der Waals surface area contributed by atoms with E-state index in [4.69, 9.17) is 5.26 Å². The maximum absolute atomic E-state index is 12.4. The van der Waals surface area contributed by atoms with Gasteiger partial charge in [0.15, 0.2) is 0 Å². The van der Waals surface area contributed by atoms with E-state index in [-0.39, 0.29) is 4.90 Å². The lowest BCUT2D eigenvalue weighted by Crippen LogP contribution is -2.14. The molecule has 0 radical (unpaired) electrons. The van der Waals surface area contributed by atoms with Gasteiger partial charge >= 0.3 is 0 Å². The molecule has 0 saturated heterocycles. The predicted molar refractivity (Wildman–Crippen MR) is 80.8 cm³/mol. The van der Waals surface area contributed by atoms with Gasteiger partial charge in [0, 0.05) is 10.2 Å². The van der Waals surface area contributed by atoms with Crippen LogP contribution in [0.15, 0.2) is 51.8 Å². The number of nitrogens with zero attached hydrogens (tertiary/aromatic N) is 1. The van der Waals surface area contributed by atoms with Gasteiger partial charge < -0.3 is 0 Å². The van der Waals surface area contributed by atoms with Gasteiger partial charge in [-0.1, -0.05) is 28.1 Å². The number of hydrogen-bond acceptors (Lipinski definition) is 3. The summed E-state index contributed by atoms with van der Waals surface area (Å²) in [7, 11) is -3.72. The van der Waals surface area contributed by atoms with E-state index in [9.17, 15) is 8.42 Å². The summed E-state index contributed by atoms with van der Waals surface area (Å²) in [6.45, 7) is 1.69. The smallest absolute Gasteiger partial charge is 0.262 e. The minimum atomic E-state index is -3.72.